The van der Waals surface area contributed by atoms with Gasteiger partial charge in [-0.15, -0.1) is 0 Å². The molecule has 9 heteroatoms. The minimum Gasteiger partial charge on any atom is -0.493 e. The molecule has 3 N–H and O–H groups in total. The number of benzene rings is 4. The average Bonchev–Trinajstić information content (AvgIpc) is 3.05. The highest BCUT2D eigenvalue weighted by atomic mass is 16.5. The summed E-state index contributed by atoms with van der Waals surface area (Å²) in [5.41, 5.74) is 8.77. The Morgan fingerprint density at radius 1 is 0.860 bits per heavy atom. The molecule has 5 aromatic rings. The monoisotopic (exact) mass is 577 g/mol. The van der Waals surface area contributed by atoms with Gasteiger partial charge in [0.25, 0.3) is 5.91 Å². The van der Waals surface area contributed by atoms with Crippen molar-refractivity contribution >= 4 is 28.5 Å². The molecule has 43 heavy (non-hydrogen) atoms. The molecule has 218 valence electrons. The summed E-state index contributed by atoms with van der Waals surface area (Å²) in [6.07, 6.45) is 1.90. The van der Waals surface area contributed by atoms with E-state index in [0.29, 0.717) is 45.2 Å². The first kappa shape index (κ1) is 29.1. The van der Waals surface area contributed by atoms with Crippen molar-refractivity contribution < 1.29 is 28.5 Å². The number of hydrogen-bond acceptors (Lipinski definition) is 8. The number of carbonyl (C=O) groups excluding carboxylic acids is 2. The van der Waals surface area contributed by atoms with Crippen molar-refractivity contribution in [3.05, 3.63) is 120 Å². The molecular formula is C34H31N3O6. The fourth-order valence-electron chi connectivity index (χ4n) is 4.27. The van der Waals surface area contributed by atoms with Crippen LogP contribution in [0.3, 0.4) is 0 Å². The molecule has 0 radical (unpaired) electrons. The molecule has 1 aromatic heterocycles. The molecule has 0 spiro atoms. The summed E-state index contributed by atoms with van der Waals surface area (Å²) in [5, 5.41) is 3.59. The first-order chi connectivity index (χ1) is 21.0. The fraction of sp³-hybridized carbons (Fsp3) is 0.147. The summed E-state index contributed by atoms with van der Waals surface area (Å²) in [4.78, 5) is 29.2. The van der Waals surface area contributed by atoms with Gasteiger partial charge in [-0.25, -0.2) is 0 Å². The second-order valence-corrected chi connectivity index (χ2v) is 9.61. The van der Waals surface area contributed by atoms with E-state index in [1.807, 2.05) is 48.5 Å². The predicted octanol–water partition coefficient (Wildman–Crippen LogP) is 6.13. The van der Waals surface area contributed by atoms with Gasteiger partial charge in [-0.05, 0) is 54.1 Å². The highest BCUT2D eigenvalue weighted by molar-refractivity contribution is 6.04. The number of pyridine rings is 1. The van der Waals surface area contributed by atoms with Gasteiger partial charge in [0.15, 0.2) is 11.5 Å². The normalized spacial score (nSPS) is 11.4. The number of ether oxygens (including phenoxy) is 4. The molecule has 0 bridgehead atoms. The van der Waals surface area contributed by atoms with Crippen molar-refractivity contribution in [1.82, 2.24) is 4.98 Å². The molecule has 1 atom stereocenters. The van der Waals surface area contributed by atoms with Crippen molar-refractivity contribution in [2.24, 2.45) is 5.73 Å². The van der Waals surface area contributed by atoms with Crippen LogP contribution in [0.25, 0.3) is 10.9 Å². The number of nitrogens with zero attached hydrogens (tertiary/aromatic N) is 1. The molecule has 0 fully saturated rings. The van der Waals surface area contributed by atoms with Gasteiger partial charge in [0.05, 0.1) is 19.2 Å². The molecule has 0 unspecified atom stereocenters. The van der Waals surface area contributed by atoms with Crippen LogP contribution in [0.5, 0.6) is 23.0 Å². The van der Waals surface area contributed by atoms with E-state index in [1.165, 1.54) is 0 Å². The third-order valence-corrected chi connectivity index (χ3v) is 6.58. The summed E-state index contributed by atoms with van der Waals surface area (Å²) in [6.45, 7) is 0.338. The number of nitrogens with one attached hydrogen (secondary N) is 1. The summed E-state index contributed by atoms with van der Waals surface area (Å²) in [5.74, 6) is 1.40. The Morgan fingerprint density at radius 3 is 2.30 bits per heavy atom. The lowest BCUT2D eigenvalue weighted by Gasteiger charge is -2.15. The lowest BCUT2D eigenvalue weighted by molar-refractivity contribution is -0.146. The van der Waals surface area contributed by atoms with Crippen LogP contribution in [0.4, 0.5) is 5.69 Å². The van der Waals surface area contributed by atoms with Gasteiger partial charge in [-0.3, -0.25) is 14.6 Å². The number of anilines is 1. The number of nitrogens with two attached hydrogens (primary N) is 1. The van der Waals surface area contributed by atoms with Gasteiger partial charge >= 0.3 is 5.97 Å². The van der Waals surface area contributed by atoms with Crippen LogP contribution in [0, 0.1) is 0 Å². The molecule has 0 aliphatic rings. The lowest BCUT2D eigenvalue weighted by atomic mass is 10.1. The van der Waals surface area contributed by atoms with Gasteiger partial charge in [0.2, 0.25) is 0 Å². The summed E-state index contributed by atoms with van der Waals surface area (Å²) in [7, 11) is 1.54. The molecular weight excluding hydrogens is 546 g/mol. The molecule has 0 saturated heterocycles. The Bertz CT molecular complexity index is 1680. The zero-order valence-electron chi connectivity index (χ0n) is 23.6. The van der Waals surface area contributed by atoms with Crippen LogP contribution in [-0.4, -0.2) is 36.6 Å². The van der Waals surface area contributed by atoms with Gasteiger partial charge < -0.3 is 30.0 Å². The number of methoxy groups -OCH3 is 1. The smallest absolute Gasteiger partial charge is 0.323 e. The Labute approximate surface area is 249 Å². The van der Waals surface area contributed by atoms with Crippen molar-refractivity contribution in [2.75, 3.05) is 19.0 Å². The second kappa shape index (κ2) is 14.0. The number of aromatic nitrogens is 1. The Morgan fingerprint density at radius 2 is 1.58 bits per heavy atom. The minimum absolute atomic E-state index is 0.164. The van der Waals surface area contributed by atoms with E-state index >= 15 is 0 Å². The third kappa shape index (κ3) is 7.66. The summed E-state index contributed by atoms with van der Waals surface area (Å²) in [6, 6.07) is 30.0. The van der Waals surface area contributed by atoms with E-state index in [-0.39, 0.29) is 25.5 Å². The number of rotatable bonds is 12. The van der Waals surface area contributed by atoms with E-state index in [0.717, 1.165) is 5.56 Å². The first-order valence-corrected chi connectivity index (χ1v) is 13.7. The van der Waals surface area contributed by atoms with Crippen molar-refractivity contribution in [2.45, 2.75) is 19.1 Å². The minimum atomic E-state index is -0.827. The Balaban J connectivity index is 1.20. The largest absolute Gasteiger partial charge is 0.493 e. The zero-order valence-corrected chi connectivity index (χ0v) is 23.6. The maximum atomic E-state index is 12.4. The number of amides is 1. The van der Waals surface area contributed by atoms with Gasteiger partial charge in [0.1, 0.15) is 24.1 Å². The second-order valence-electron chi connectivity index (χ2n) is 9.61. The van der Waals surface area contributed by atoms with E-state index in [4.69, 9.17) is 24.7 Å². The van der Waals surface area contributed by atoms with Crippen molar-refractivity contribution in [1.29, 1.82) is 0 Å². The van der Waals surface area contributed by atoms with Crippen LogP contribution in [0.1, 0.15) is 22.3 Å². The van der Waals surface area contributed by atoms with Crippen molar-refractivity contribution in [3.63, 3.8) is 0 Å². The number of carbonyl (C=O) groups is 2. The van der Waals surface area contributed by atoms with Crippen LogP contribution >= 0.6 is 0 Å². The SMILES string of the molecule is COc1cc2c(Oc3ccc(NC(=O)c4ccccc4)cc3)ccnc2cc1OCC[C@H](N)C(=O)OCc1ccccc1. The van der Waals surface area contributed by atoms with Gasteiger partial charge in [0, 0.05) is 35.3 Å². The number of esters is 1. The molecule has 5 rings (SSSR count). The lowest BCUT2D eigenvalue weighted by Crippen LogP contribution is -2.33. The van der Waals surface area contributed by atoms with Gasteiger partial charge in [-0.1, -0.05) is 48.5 Å². The predicted molar refractivity (Wildman–Crippen MR) is 164 cm³/mol. The third-order valence-electron chi connectivity index (χ3n) is 6.58. The van der Waals surface area contributed by atoms with Crippen LogP contribution in [-0.2, 0) is 16.1 Å². The van der Waals surface area contributed by atoms with E-state index in [1.54, 1.807) is 67.9 Å². The molecule has 1 heterocycles. The molecule has 1 amide bonds. The zero-order chi connectivity index (χ0) is 30.0. The molecule has 0 aliphatic carbocycles. The maximum Gasteiger partial charge on any atom is 0.323 e. The standard InChI is InChI=1S/C34H31N3O6/c1-40-31-20-27-29(21-32(31)41-19-17-28(35)34(39)42-22-23-8-4-2-5-9-23)36-18-16-30(27)43-26-14-12-25(13-15-26)37-33(38)24-10-6-3-7-11-24/h2-16,18,20-21,28H,17,19,22,35H2,1H3,(H,37,38)/t28-/m0/s1. The highest BCUT2D eigenvalue weighted by Gasteiger charge is 2.17. The summed E-state index contributed by atoms with van der Waals surface area (Å²) >= 11 is 0. The Hall–Kier alpha value is -5.41. The first-order valence-electron chi connectivity index (χ1n) is 13.7. The van der Waals surface area contributed by atoms with E-state index < -0.39 is 12.0 Å². The van der Waals surface area contributed by atoms with Crippen LogP contribution < -0.4 is 25.3 Å². The van der Waals surface area contributed by atoms with E-state index in [2.05, 4.69) is 10.3 Å². The fourth-order valence-corrected chi connectivity index (χ4v) is 4.27. The van der Waals surface area contributed by atoms with Crippen LogP contribution in [0.2, 0.25) is 0 Å². The number of hydrogen-bond donors (Lipinski definition) is 2. The maximum absolute atomic E-state index is 12.4. The summed E-state index contributed by atoms with van der Waals surface area (Å²) < 4.78 is 23.0. The van der Waals surface area contributed by atoms with Crippen LogP contribution in [0.15, 0.2) is 109 Å². The highest BCUT2D eigenvalue weighted by Crippen LogP contribution is 2.37. The molecule has 9 nitrogen and oxygen atoms in total. The molecule has 4 aromatic carbocycles. The quantitative estimate of drug-likeness (QED) is 0.170. The molecule has 0 saturated carbocycles. The Kier molecular flexibility index (Phi) is 9.46. The van der Waals surface area contributed by atoms with E-state index in [9.17, 15) is 9.59 Å². The van der Waals surface area contributed by atoms with Crippen molar-refractivity contribution in [3.8, 4) is 23.0 Å². The van der Waals surface area contributed by atoms with Gasteiger partial charge in [-0.2, -0.15) is 0 Å². The average molecular weight is 578 g/mol. The number of fused-ring (bicyclic) bond motifs is 1. The molecule has 0 aliphatic heterocycles. The topological polar surface area (TPSA) is 122 Å².